The second-order valence-corrected chi connectivity index (χ2v) is 6.99. The van der Waals surface area contributed by atoms with Crippen LogP contribution in [0.4, 0.5) is 5.69 Å². The lowest BCUT2D eigenvalue weighted by atomic mass is 10.2. The predicted molar refractivity (Wildman–Crippen MR) is 82.6 cm³/mol. The molecule has 0 bridgehead atoms. The summed E-state index contributed by atoms with van der Waals surface area (Å²) in [5, 5.41) is 4.37. The summed E-state index contributed by atoms with van der Waals surface area (Å²) < 4.78 is 28.9. The molecule has 0 aliphatic heterocycles. The van der Waals surface area contributed by atoms with Crippen LogP contribution >= 0.6 is 11.6 Å². The molecule has 2 rings (SSSR count). The third-order valence-corrected chi connectivity index (χ3v) is 5.01. The number of halogens is 1. The van der Waals surface area contributed by atoms with Crippen molar-refractivity contribution >= 4 is 27.3 Å². The summed E-state index contributed by atoms with van der Waals surface area (Å²) >= 11 is 5.99. The van der Waals surface area contributed by atoms with E-state index in [1.54, 1.807) is 37.0 Å². The average molecular weight is 329 g/mol. The van der Waals surface area contributed by atoms with E-state index in [9.17, 15) is 8.42 Å². The molecule has 114 valence electrons. The summed E-state index contributed by atoms with van der Waals surface area (Å²) in [6, 6.07) is 4.26. The van der Waals surface area contributed by atoms with E-state index in [-0.39, 0.29) is 10.9 Å². The van der Waals surface area contributed by atoms with E-state index < -0.39 is 10.0 Å². The van der Waals surface area contributed by atoms with Gasteiger partial charge in [0.1, 0.15) is 0 Å². The molecule has 8 heteroatoms. The van der Waals surface area contributed by atoms with Crippen LogP contribution in [0.15, 0.2) is 35.5 Å². The van der Waals surface area contributed by atoms with Crippen molar-refractivity contribution < 1.29 is 8.42 Å². The van der Waals surface area contributed by atoms with Gasteiger partial charge in [0, 0.05) is 29.1 Å². The Morgan fingerprint density at radius 2 is 2.19 bits per heavy atom. The summed E-state index contributed by atoms with van der Waals surface area (Å²) in [4.78, 5) is 0.0583. The Balaban J connectivity index is 2.18. The molecule has 1 heterocycles. The lowest BCUT2D eigenvalue weighted by molar-refractivity contribution is 0.494. The number of sulfonamides is 1. The maximum Gasteiger partial charge on any atom is 0.240 e. The quantitative estimate of drug-likeness (QED) is 0.819. The normalized spacial score (nSPS) is 13.3. The zero-order chi connectivity index (χ0) is 15.6. The molecule has 0 spiro atoms. The SMILES string of the molecule is Cc1c(N)cc(S(=O)(=O)NC(C)Cn2cccn2)cc1Cl. The van der Waals surface area contributed by atoms with Gasteiger partial charge in [-0.25, -0.2) is 13.1 Å². The van der Waals surface area contributed by atoms with Gasteiger partial charge in [-0.2, -0.15) is 5.10 Å². The number of nitrogens with two attached hydrogens (primary N) is 1. The lowest BCUT2D eigenvalue weighted by Gasteiger charge is -2.15. The van der Waals surface area contributed by atoms with Crippen molar-refractivity contribution in [2.45, 2.75) is 31.3 Å². The summed E-state index contributed by atoms with van der Waals surface area (Å²) in [6.07, 6.45) is 3.41. The lowest BCUT2D eigenvalue weighted by Crippen LogP contribution is -2.35. The molecule has 0 saturated heterocycles. The standard InChI is InChI=1S/C13H17ClN4O2S/c1-9(8-18-5-3-4-16-18)17-21(19,20)11-6-12(14)10(2)13(15)7-11/h3-7,9,17H,8,15H2,1-2H3. The molecule has 0 fully saturated rings. The number of nitrogens with zero attached hydrogens (tertiary/aromatic N) is 2. The van der Waals surface area contributed by atoms with E-state index in [0.29, 0.717) is 22.8 Å². The molecule has 0 aliphatic rings. The number of anilines is 1. The van der Waals surface area contributed by atoms with Crippen molar-refractivity contribution in [1.29, 1.82) is 0 Å². The van der Waals surface area contributed by atoms with Crippen LogP contribution in [-0.4, -0.2) is 24.2 Å². The molecule has 0 aliphatic carbocycles. The summed E-state index contributed by atoms with van der Waals surface area (Å²) in [6.45, 7) is 3.93. The van der Waals surface area contributed by atoms with Crippen LogP contribution in [0, 0.1) is 6.92 Å². The maximum absolute atomic E-state index is 12.3. The maximum atomic E-state index is 12.3. The monoisotopic (exact) mass is 328 g/mol. The van der Waals surface area contributed by atoms with Gasteiger partial charge in [0.2, 0.25) is 10.0 Å². The van der Waals surface area contributed by atoms with Crippen LogP contribution in [-0.2, 0) is 16.6 Å². The Morgan fingerprint density at radius 1 is 1.48 bits per heavy atom. The molecule has 1 unspecified atom stereocenters. The highest BCUT2D eigenvalue weighted by Crippen LogP contribution is 2.25. The smallest absolute Gasteiger partial charge is 0.240 e. The fourth-order valence-electron chi connectivity index (χ4n) is 1.89. The van der Waals surface area contributed by atoms with Crippen LogP contribution in [0.2, 0.25) is 5.02 Å². The van der Waals surface area contributed by atoms with Gasteiger partial charge < -0.3 is 5.73 Å². The van der Waals surface area contributed by atoms with Crippen molar-refractivity contribution in [3.05, 3.63) is 41.2 Å². The number of hydrogen-bond donors (Lipinski definition) is 2. The molecule has 2 aromatic rings. The molecular formula is C13H17ClN4O2S. The average Bonchev–Trinajstić information content (AvgIpc) is 2.87. The van der Waals surface area contributed by atoms with Crippen molar-refractivity contribution in [3.8, 4) is 0 Å². The third-order valence-electron chi connectivity index (χ3n) is 3.04. The van der Waals surface area contributed by atoms with Crippen LogP contribution in [0.1, 0.15) is 12.5 Å². The number of aromatic nitrogens is 2. The van der Waals surface area contributed by atoms with Crippen LogP contribution in [0.5, 0.6) is 0 Å². The Labute approximate surface area is 129 Å². The van der Waals surface area contributed by atoms with Crippen LogP contribution in [0.3, 0.4) is 0 Å². The summed E-state index contributed by atoms with van der Waals surface area (Å²) in [5.41, 5.74) is 6.78. The largest absolute Gasteiger partial charge is 0.398 e. The van der Waals surface area contributed by atoms with Crippen LogP contribution < -0.4 is 10.5 Å². The Kier molecular flexibility index (Phi) is 4.55. The van der Waals surface area contributed by atoms with Gasteiger partial charge in [-0.3, -0.25) is 4.68 Å². The Bertz CT molecular complexity index is 706. The molecule has 3 N–H and O–H groups in total. The van der Waals surface area contributed by atoms with Crippen LogP contribution in [0.25, 0.3) is 0 Å². The summed E-state index contributed by atoms with van der Waals surface area (Å²) in [7, 11) is -3.68. The number of nitrogens with one attached hydrogen (secondary N) is 1. The van der Waals surface area contributed by atoms with E-state index >= 15 is 0 Å². The zero-order valence-corrected chi connectivity index (χ0v) is 13.3. The van der Waals surface area contributed by atoms with E-state index in [1.807, 2.05) is 0 Å². The number of benzene rings is 1. The fraction of sp³-hybridized carbons (Fsp3) is 0.308. The minimum absolute atomic E-state index is 0.0583. The minimum Gasteiger partial charge on any atom is -0.398 e. The molecule has 0 radical (unpaired) electrons. The molecular weight excluding hydrogens is 312 g/mol. The van der Waals surface area contributed by atoms with E-state index in [1.165, 1.54) is 12.1 Å². The molecule has 6 nitrogen and oxygen atoms in total. The molecule has 1 atom stereocenters. The predicted octanol–water partition coefficient (Wildman–Crippen LogP) is 1.79. The van der Waals surface area contributed by atoms with Crippen molar-refractivity contribution in [1.82, 2.24) is 14.5 Å². The number of hydrogen-bond acceptors (Lipinski definition) is 4. The van der Waals surface area contributed by atoms with E-state index in [4.69, 9.17) is 17.3 Å². The topological polar surface area (TPSA) is 90.0 Å². The van der Waals surface area contributed by atoms with Gasteiger partial charge >= 0.3 is 0 Å². The molecule has 0 amide bonds. The first kappa shape index (κ1) is 15.8. The van der Waals surface area contributed by atoms with Gasteiger partial charge in [-0.15, -0.1) is 0 Å². The second-order valence-electron chi connectivity index (χ2n) is 4.87. The van der Waals surface area contributed by atoms with Gasteiger partial charge in [0.15, 0.2) is 0 Å². The highest BCUT2D eigenvalue weighted by atomic mass is 35.5. The van der Waals surface area contributed by atoms with Crippen molar-refractivity contribution in [3.63, 3.8) is 0 Å². The fourth-order valence-corrected chi connectivity index (χ4v) is 3.48. The molecule has 1 aromatic carbocycles. The molecule has 21 heavy (non-hydrogen) atoms. The van der Waals surface area contributed by atoms with Crippen molar-refractivity contribution in [2.24, 2.45) is 0 Å². The second kappa shape index (κ2) is 6.05. The molecule has 0 saturated carbocycles. The van der Waals surface area contributed by atoms with Gasteiger partial charge in [-0.1, -0.05) is 11.6 Å². The zero-order valence-electron chi connectivity index (χ0n) is 11.7. The number of nitrogen functional groups attached to an aromatic ring is 1. The molecule has 1 aromatic heterocycles. The third kappa shape index (κ3) is 3.75. The highest BCUT2D eigenvalue weighted by Gasteiger charge is 2.19. The first-order valence-corrected chi connectivity index (χ1v) is 8.21. The number of rotatable bonds is 5. The van der Waals surface area contributed by atoms with Gasteiger partial charge in [0.25, 0.3) is 0 Å². The van der Waals surface area contributed by atoms with Gasteiger partial charge in [0.05, 0.1) is 11.4 Å². The summed E-state index contributed by atoms with van der Waals surface area (Å²) in [5.74, 6) is 0. The van der Waals surface area contributed by atoms with Gasteiger partial charge in [-0.05, 0) is 37.6 Å². The minimum atomic E-state index is -3.68. The Morgan fingerprint density at radius 3 is 2.76 bits per heavy atom. The van der Waals surface area contributed by atoms with Crippen molar-refractivity contribution in [2.75, 3.05) is 5.73 Å². The Hall–Kier alpha value is -1.57. The highest BCUT2D eigenvalue weighted by molar-refractivity contribution is 7.89. The first-order valence-electron chi connectivity index (χ1n) is 6.35. The first-order chi connectivity index (χ1) is 9.79. The van der Waals surface area contributed by atoms with E-state index in [2.05, 4.69) is 9.82 Å². The van der Waals surface area contributed by atoms with E-state index in [0.717, 1.165) is 0 Å².